The molecule has 0 saturated heterocycles. The zero-order chi connectivity index (χ0) is 12.1. The number of hydrogen-bond acceptors (Lipinski definition) is 4. The first-order valence-electron chi connectivity index (χ1n) is 4.59. The Morgan fingerprint density at radius 2 is 2.00 bits per heavy atom. The number of carbonyl (C=O) groups is 2. The monoisotopic (exact) mass is 217 g/mol. The molecule has 0 unspecified atom stereocenters. The third-order valence-electron chi connectivity index (χ3n) is 1.96. The number of ketones is 2. The number of carbonyl (C=O) groups excluding carboxylic acids is 2. The lowest BCUT2D eigenvalue weighted by atomic mass is 10.1. The number of hydrogen-bond donors (Lipinski definition) is 2. The molecule has 0 heterocycles. The van der Waals surface area contributed by atoms with E-state index in [1.165, 1.54) is 32.1 Å². The van der Waals surface area contributed by atoms with E-state index >= 15 is 0 Å². The Morgan fingerprint density at radius 3 is 2.50 bits per heavy atom. The molecule has 0 aromatic heterocycles. The van der Waals surface area contributed by atoms with Crippen LogP contribution in [0.25, 0.3) is 0 Å². The average molecular weight is 217 g/mol. The zero-order valence-corrected chi connectivity index (χ0v) is 9.00. The summed E-state index contributed by atoms with van der Waals surface area (Å²) >= 11 is 0. The Labute approximate surface area is 92.7 Å². The number of nitrogens with one attached hydrogen (secondary N) is 2. The number of rotatable bonds is 4. The van der Waals surface area contributed by atoms with Crippen LogP contribution in [-0.4, -0.2) is 11.6 Å². The summed E-state index contributed by atoms with van der Waals surface area (Å²) in [5.74, 6) is -0.340. The van der Waals surface area contributed by atoms with E-state index in [1.807, 2.05) is 0 Å². The largest absolute Gasteiger partial charge is 0.295 e. The number of allylic oxidation sites excluding steroid dienone is 4. The molecule has 0 radical (unpaired) electrons. The molecule has 1 aliphatic carbocycles. The van der Waals surface area contributed by atoms with Gasteiger partial charge in [0.05, 0.1) is 11.3 Å². The summed E-state index contributed by atoms with van der Waals surface area (Å²) < 4.78 is 0. The van der Waals surface area contributed by atoms with E-state index < -0.39 is 0 Å². The fraction of sp³-hybridized carbons (Fsp3) is 0.182. The highest BCUT2D eigenvalue weighted by Crippen LogP contribution is 2.12. The van der Waals surface area contributed by atoms with Gasteiger partial charge in [0.15, 0.2) is 11.6 Å². The highest BCUT2D eigenvalue weighted by atomic mass is 16.1. The third-order valence-corrected chi connectivity index (χ3v) is 1.96. The Morgan fingerprint density at radius 1 is 1.31 bits per heavy atom. The fourth-order valence-corrected chi connectivity index (χ4v) is 1.14. The molecule has 5 heteroatoms. The molecule has 1 rings (SSSR count). The summed E-state index contributed by atoms with van der Waals surface area (Å²) in [7, 11) is 0. The molecule has 0 atom stereocenters. The van der Waals surface area contributed by atoms with Gasteiger partial charge in [0.2, 0.25) is 0 Å². The summed E-state index contributed by atoms with van der Waals surface area (Å²) in [6, 6.07) is 0. The van der Waals surface area contributed by atoms with Crippen LogP contribution in [0, 0.1) is 5.53 Å². The van der Waals surface area contributed by atoms with E-state index in [9.17, 15) is 9.59 Å². The summed E-state index contributed by atoms with van der Waals surface area (Å²) in [5, 5.41) is 2.99. The van der Waals surface area contributed by atoms with Gasteiger partial charge in [-0.15, -0.1) is 5.73 Å². The minimum Gasteiger partial charge on any atom is -0.295 e. The summed E-state index contributed by atoms with van der Waals surface area (Å²) in [6.45, 7) is 2.80. The molecule has 0 aliphatic heterocycles. The average Bonchev–Trinajstić information content (AvgIpc) is 2.41. The van der Waals surface area contributed by atoms with Crippen molar-refractivity contribution in [3.05, 3.63) is 40.8 Å². The molecule has 16 heavy (non-hydrogen) atoms. The summed E-state index contributed by atoms with van der Waals surface area (Å²) in [6.07, 6.45) is 4.46. The molecule has 0 bridgehead atoms. The second-order valence-electron chi connectivity index (χ2n) is 3.24. The summed E-state index contributed by atoms with van der Waals surface area (Å²) in [4.78, 5) is 22.5. The second-order valence-corrected chi connectivity index (χ2v) is 3.24. The van der Waals surface area contributed by atoms with E-state index in [0.717, 1.165) is 0 Å². The highest BCUT2D eigenvalue weighted by molar-refractivity contribution is 6.02. The van der Waals surface area contributed by atoms with Crippen LogP contribution in [0.1, 0.15) is 13.8 Å². The van der Waals surface area contributed by atoms with Gasteiger partial charge in [0.1, 0.15) is 0 Å². The number of Topliss-reactive ketones (excluding diaryl/α,β-unsaturated/α-hetero) is 2. The lowest BCUT2D eigenvalue weighted by Gasteiger charge is -1.98. The van der Waals surface area contributed by atoms with Gasteiger partial charge in [0, 0.05) is 11.6 Å². The van der Waals surface area contributed by atoms with Gasteiger partial charge in [-0.3, -0.25) is 15.0 Å². The quantitative estimate of drug-likeness (QED) is 0.426. The molecule has 2 N–H and O–H groups in total. The maximum Gasteiger partial charge on any atom is 0.167 e. The number of nitrogens with zero attached hydrogens (tertiary/aromatic N) is 1. The predicted molar refractivity (Wildman–Crippen MR) is 57.4 cm³/mol. The van der Waals surface area contributed by atoms with Gasteiger partial charge in [-0.1, -0.05) is 5.22 Å². The van der Waals surface area contributed by atoms with E-state index in [2.05, 4.69) is 16.4 Å². The first-order valence-corrected chi connectivity index (χ1v) is 4.59. The minimum absolute atomic E-state index is 0.167. The van der Waals surface area contributed by atoms with Gasteiger partial charge < -0.3 is 0 Å². The Hall–Kier alpha value is -2.26. The fourth-order valence-electron chi connectivity index (χ4n) is 1.14. The summed E-state index contributed by atoms with van der Waals surface area (Å²) in [5.41, 5.74) is 12.9. The Kier molecular flexibility index (Phi) is 3.69. The van der Waals surface area contributed by atoms with E-state index in [-0.39, 0.29) is 11.6 Å². The lowest BCUT2D eigenvalue weighted by molar-refractivity contribution is -0.113. The Balaban J connectivity index is 3.24. The maximum atomic E-state index is 11.3. The van der Waals surface area contributed by atoms with Gasteiger partial charge in [-0.05, 0) is 26.0 Å². The second kappa shape index (κ2) is 5.00. The van der Waals surface area contributed by atoms with E-state index in [0.29, 0.717) is 16.8 Å². The third kappa shape index (κ3) is 2.87. The maximum absolute atomic E-state index is 11.3. The van der Waals surface area contributed by atoms with Gasteiger partial charge in [0.25, 0.3) is 0 Å². The molecule has 0 saturated carbocycles. The molecule has 0 aromatic rings. The lowest BCUT2D eigenvalue weighted by Crippen LogP contribution is -2.03. The molecular weight excluding hydrogens is 206 g/mol. The molecule has 0 aromatic carbocycles. The minimum atomic E-state index is -0.174. The van der Waals surface area contributed by atoms with Crippen molar-refractivity contribution in [2.24, 2.45) is 5.22 Å². The smallest absolute Gasteiger partial charge is 0.167 e. The van der Waals surface area contributed by atoms with Crippen molar-refractivity contribution in [3.8, 4) is 0 Å². The molecule has 0 amide bonds. The van der Waals surface area contributed by atoms with Crippen molar-refractivity contribution in [1.82, 2.24) is 5.43 Å². The van der Waals surface area contributed by atoms with E-state index in [4.69, 9.17) is 5.53 Å². The SMILES string of the molecule is CC(=O)C1=C=CC(NN=N)=CC(C(C)=O)=C1. The first kappa shape index (κ1) is 11.8. The van der Waals surface area contributed by atoms with Crippen LogP contribution < -0.4 is 5.43 Å². The van der Waals surface area contributed by atoms with Crippen LogP contribution >= 0.6 is 0 Å². The van der Waals surface area contributed by atoms with Gasteiger partial charge in [-0.2, -0.15) is 5.53 Å². The van der Waals surface area contributed by atoms with Crippen LogP contribution in [0.2, 0.25) is 0 Å². The van der Waals surface area contributed by atoms with Crippen molar-refractivity contribution >= 4 is 11.6 Å². The van der Waals surface area contributed by atoms with Crippen molar-refractivity contribution in [1.29, 1.82) is 5.53 Å². The van der Waals surface area contributed by atoms with Crippen LogP contribution in [0.3, 0.4) is 0 Å². The van der Waals surface area contributed by atoms with Crippen molar-refractivity contribution in [2.45, 2.75) is 13.8 Å². The normalized spacial score (nSPS) is 14.2. The molecule has 5 nitrogen and oxygen atoms in total. The van der Waals surface area contributed by atoms with Gasteiger partial charge in [-0.25, -0.2) is 0 Å². The van der Waals surface area contributed by atoms with Crippen molar-refractivity contribution < 1.29 is 9.59 Å². The molecular formula is C11H11N3O2. The zero-order valence-electron chi connectivity index (χ0n) is 9.00. The van der Waals surface area contributed by atoms with Crippen LogP contribution in [0.4, 0.5) is 0 Å². The standard InChI is InChI=1S/C11H11N3O2/c1-7(15)9-3-4-11(13-14-12)6-10(5-9)8(2)16/h4-6H,1-2H3,(H2,12,13). The van der Waals surface area contributed by atoms with E-state index in [1.54, 1.807) is 0 Å². The first-order chi connectivity index (χ1) is 7.54. The molecule has 1 aliphatic rings. The molecule has 82 valence electrons. The van der Waals surface area contributed by atoms with Crippen molar-refractivity contribution in [3.63, 3.8) is 0 Å². The topological polar surface area (TPSA) is 82.4 Å². The van der Waals surface area contributed by atoms with Gasteiger partial charge >= 0.3 is 0 Å². The molecule has 0 spiro atoms. The highest BCUT2D eigenvalue weighted by Gasteiger charge is 2.09. The van der Waals surface area contributed by atoms with Crippen LogP contribution in [0.5, 0.6) is 0 Å². The van der Waals surface area contributed by atoms with Crippen LogP contribution in [-0.2, 0) is 9.59 Å². The van der Waals surface area contributed by atoms with Crippen molar-refractivity contribution in [2.75, 3.05) is 0 Å². The predicted octanol–water partition coefficient (Wildman–Crippen LogP) is 1.61. The van der Waals surface area contributed by atoms with Crippen LogP contribution in [0.15, 0.2) is 46.0 Å². The molecule has 0 fully saturated rings. The Bertz CT molecular complexity index is 477.